The third-order valence-electron chi connectivity index (χ3n) is 3.97. The Morgan fingerprint density at radius 2 is 2.33 bits per heavy atom. The molecule has 1 aliphatic heterocycles. The first-order valence-electron chi connectivity index (χ1n) is 7.26. The van der Waals surface area contributed by atoms with Crippen LogP contribution in [0.2, 0.25) is 0 Å². The quantitative estimate of drug-likeness (QED) is 0.817. The number of anilines is 2. The van der Waals surface area contributed by atoms with Crippen LogP contribution in [0.15, 0.2) is 0 Å². The monoisotopic (exact) mass is 306 g/mol. The van der Waals surface area contributed by atoms with E-state index < -0.39 is 0 Å². The minimum Gasteiger partial charge on any atom is -0.396 e. The molecule has 1 aromatic heterocycles. The van der Waals surface area contributed by atoms with Crippen molar-refractivity contribution in [2.75, 3.05) is 31.2 Å². The van der Waals surface area contributed by atoms with Gasteiger partial charge in [0.15, 0.2) is 5.78 Å². The molecule has 1 atom stereocenters. The number of nitrogens with one attached hydrogen (secondary N) is 1. The average Bonchev–Trinajstić information content (AvgIpc) is 2.99. The van der Waals surface area contributed by atoms with Crippen LogP contribution in [0.25, 0.3) is 0 Å². The average molecular weight is 306 g/mol. The predicted octanol–water partition coefficient (Wildman–Crippen LogP) is 2.55. The first kappa shape index (κ1) is 15.8. The molecular weight excluding hydrogens is 284 g/mol. The van der Waals surface area contributed by atoms with Crippen molar-refractivity contribution in [1.29, 1.82) is 5.26 Å². The molecule has 0 spiro atoms. The fourth-order valence-electron chi connectivity index (χ4n) is 2.57. The van der Waals surface area contributed by atoms with Crippen molar-refractivity contribution in [1.82, 2.24) is 4.90 Å². The third kappa shape index (κ3) is 3.20. The van der Waals surface area contributed by atoms with Gasteiger partial charge in [-0.2, -0.15) is 5.26 Å². The largest absolute Gasteiger partial charge is 0.396 e. The molecule has 0 radical (unpaired) electrons. The maximum absolute atomic E-state index is 12.1. The highest BCUT2D eigenvalue weighted by Crippen LogP contribution is 2.36. The van der Waals surface area contributed by atoms with Crippen LogP contribution in [-0.4, -0.2) is 36.9 Å². The minimum absolute atomic E-state index is 0.0000319. The van der Waals surface area contributed by atoms with Crippen molar-refractivity contribution in [3.05, 3.63) is 10.4 Å². The fourth-order valence-corrected chi connectivity index (χ4v) is 3.74. The van der Waals surface area contributed by atoms with Crippen molar-refractivity contribution in [2.24, 2.45) is 5.92 Å². The van der Waals surface area contributed by atoms with Crippen molar-refractivity contribution in [3.63, 3.8) is 0 Å². The Morgan fingerprint density at radius 1 is 1.62 bits per heavy atom. The van der Waals surface area contributed by atoms with E-state index in [0.29, 0.717) is 22.2 Å². The van der Waals surface area contributed by atoms with E-state index in [1.807, 2.05) is 13.8 Å². The molecule has 0 aromatic carbocycles. The number of nitrogens with two attached hydrogens (primary N) is 1. The Bertz CT molecular complexity index is 573. The van der Waals surface area contributed by atoms with Gasteiger partial charge in [-0.15, -0.1) is 11.3 Å². The second-order valence-electron chi connectivity index (χ2n) is 5.84. The van der Waals surface area contributed by atoms with Crippen molar-refractivity contribution in [2.45, 2.75) is 32.7 Å². The van der Waals surface area contributed by atoms with Gasteiger partial charge in [0.05, 0.1) is 10.6 Å². The number of rotatable bonds is 5. The second-order valence-corrected chi connectivity index (χ2v) is 6.86. The van der Waals surface area contributed by atoms with Crippen LogP contribution in [-0.2, 0) is 0 Å². The van der Waals surface area contributed by atoms with Crippen molar-refractivity contribution in [3.8, 4) is 6.07 Å². The van der Waals surface area contributed by atoms with E-state index in [4.69, 9.17) is 5.73 Å². The topological polar surface area (TPSA) is 82.2 Å². The van der Waals surface area contributed by atoms with Gasteiger partial charge >= 0.3 is 0 Å². The summed E-state index contributed by atoms with van der Waals surface area (Å²) in [6, 6.07) is 2.60. The first-order chi connectivity index (χ1) is 9.95. The van der Waals surface area contributed by atoms with Crippen LogP contribution in [0.3, 0.4) is 0 Å². The molecule has 114 valence electrons. The summed E-state index contributed by atoms with van der Waals surface area (Å²) in [4.78, 5) is 15.0. The Morgan fingerprint density at radius 3 is 2.86 bits per heavy atom. The summed E-state index contributed by atoms with van der Waals surface area (Å²) in [6.45, 7) is 5.57. The lowest BCUT2D eigenvalue weighted by Crippen LogP contribution is -2.31. The summed E-state index contributed by atoms with van der Waals surface area (Å²) in [6.07, 6.45) is 2.36. The molecule has 1 aliphatic rings. The molecule has 0 saturated carbocycles. The molecule has 0 aliphatic carbocycles. The number of nitriles is 1. The van der Waals surface area contributed by atoms with Gasteiger partial charge in [0, 0.05) is 18.5 Å². The SMILES string of the molecule is CC(C)C(=O)c1sc(NCC2CCCN2C)c(C#N)c1N. The highest BCUT2D eigenvalue weighted by atomic mass is 32.1. The van der Waals surface area contributed by atoms with E-state index >= 15 is 0 Å². The van der Waals surface area contributed by atoms with Gasteiger partial charge in [-0.1, -0.05) is 13.8 Å². The zero-order valence-electron chi connectivity index (χ0n) is 12.8. The number of likely N-dealkylation sites (tertiary alicyclic amines) is 1. The van der Waals surface area contributed by atoms with Gasteiger partial charge in [0.2, 0.25) is 0 Å². The lowest BCUT2D eigenvalue weighted by Gasteiger charge is -2.19. The van der Waals surface area contributed by atoms with Crippen LogP contribution in [0, 0.1) is 17.2 Å². The summed E-state index contributed by atoms with van der Waals surface area (Å²) in [7, 11) is 2.11. The van der Waals surface area contributed by atoms with Crippen LogP contribution in [0.1, 0.15) is 41.9 Å². The molecule has 1 saturated heterocycles. The molecule has 2 heterocycles. The zero-order chi connectivity index (χ0) is 15.6. The predicted molar refractivity (Wildman–Crippen MR) is 86.8 cm³/mol. The number of carbonyl (C=O) groups excluding carboxylic acids is 1. The van der Waals surface area contributed by atoms with Gasteiger partial charge < -0.3 is 16.0 Å². The molecule has 6 heteroatoms. The Hall–Kier alpha value is -1.58. The van der Waals surface area contributed by atoms with Crippen LogP contribution >= 0.6 is 11.3 Å². The van der Waals surface area contributed by atoms with E-state index in [9.17, 15) is 10.1 Å². The molecule has 5 nitrogen and oxygen atoms in total. The maximum Gasteiger partial charge on any atom is 0.177 e. The van der Waals surface area contributed by atoms with E-state index in [1.54, 1.807) is 0 Å². The molecular formula is C15H22N4OS. The van der Waals surface area contributed by atoms with E-state index in [-0.39, 0.29) is 11.7 Å². The van der Waals surface area contributed by atoms with Crippen LogP contribution in [0.5, 0.6) is 0 Å². The number of Topliss-reactive ketones (excluding diaryl/α,β-unsaturated/α-hetero) is 1. The third-order valence-corrected chi connectivity index (χ3v) is 5.15. The Labute approximate surface area is 129 Å². The minimum atomic E-state index is -0.119. The fraction of sp³-hybridized carbons (Fsp3) is 0.600. The Kier molecular flexibility index (Phi) is 4.86. The summed E-state index contributed by atoms with van der Waals surface area (Å²) in [5.74, 6) is -0.119. The standard InChI is InChI=1S/C15H22N4OS/c1-9(2)13(20)14-12(17)11(7-16)15(21-14)18-8-10-5-4-6-19(10)3/h9-10,18H,4-6,8,17H2,1-3H3. The van der Waals surface area contributed by atoms with E-state index in [0.717, 1.165) is 24.5 Å². The molecule has 21 heavy (non-hydrogen) atoms. The van der Waals surface area contributed by atoms with Gasteiger partial charge in [-0.25, -0.2) is 0 Å². The number of hydrogen-bond acceptors (Lipinski definition) is 6. The van der Waals surface area contributed by atoms with Gasteiger partial charge in [-0.05, 0) is 26.4 Å². The number of ketones is 1. The lowest BCUT2D eigenvalue weighted by molar-refractivity contribution is 0.0944. The molecule has 0 amide bonds. The highest BCUT2D eigenvalue weighted by Gasteiger charge is 2.25. The molecule has 1 fully saturated rings. The molecule has 3 N–H and O–H groups in total. The smallest absolute Gasteiger partial charge is 0.177 e. The van der Waals surface area contributed by atoms with E-state index in [2.05, 4.69) is 23.3 Å². The number of nitrogen functional groups attached to an aromatic ring is 1. The number of likely N-dealkylation sites (N-methyl/N-ethyl adjacent to an activating group) is 1. The first-order valence-corrected chi connectivity index (χ1v) is 8.08. The normalized spacial score (nSPS) is 18.9. The molecule has 1 aromatic rings. The van der Waals surface area contributed by atoms with Gasteiger partial charge in [0.25, 0.3) is 0 Å². The van der Waals surface area contributed by atoms with Gasteiger partial charge in [0.1, 0.15) is 16.6 Å². The van der Waals surface area contributed by atoms with Gasteiger partial charge in [-0.3, -0.25) is 4.79 Å². The number of carbonyl (C=O) groups is 1. The highest BCUT2D eigenvalue weighted by molar-refractivity contribution is 7.19. The number of nitrogens with zero attached hydrogens (tertiary/aromatic N) is 2. The lowest BCUT2D eigenvalue weighted by atomic mass is 10.1. The van der Waals surface area contributed by atoms with Crippen molar-refractivity contribution < 1.29 is 4.79 Å². The van der Waals surface area contributed by atoms with Crippen LogP contribution < -0.4 is 11.1 Å². The molecule has 0 bridgehead atoms. The number of thiophene rings is 1. The second kappa shape index (κ2) is 6.46. The van der Waals surface area contributed by atoms with Crippen molar-refractivity contribution >= 4 is 27.8 Å². The Balaban J connectivity index is 2.17. The zero-order valence-corrected chi connectivity index (χ0v) is 13.6. The summed E-state index contributed by atoms with van der Waals surface area (Å²) >= 11 is 1.31. The molecule has 2 rings (SSSR count). The van der Waals surface area contributed by atoms with E-state index in [1.165, 1.54) is 17.8 Å². The summed E-state index contributed by atoms with van der Waals surface area (Å²) in [5, 5.41) is 13.3. The molecule has 1 unspecified atom stereocenters. The summed E-state index contributed by atoms with van der Waals surface area (Å²) < 4.78 is 0. The summed E-state index contributed by atoms with van der Waals surface area (Å²) in [5.41, 5.74) is 6.71. The maximum atomic E-state index is 12.1. The number of hydrogen-bond donors (Lipinski definition) is 2. The van der Waals surface area contributed by atoms with Crippen LogP contribution in [0.4, 0.5) is 10.7 Å².